The molecule has 0 aromatic carbocycles. The Morgan fingerprint density at radius 2 is 1.94 bits per heavy atom. The van der Waals surface area contributed by atoms with Gasteiger partial charge in [-0.2, -0.15) is 11.8 Å². The average Bonchev–Trinajstić information content (AvgIpc) is 2.29. The highest BCUT2D eigenvalue weighted by molar-refractivity contribution is 7.99. The van der Waals surface area contributed by atoms with Gasteiger partial charge in [0.25, 0.3) is 0 Å². The van der Waals surface area contributed by atoms with Crippen molar-refractivity contribution in [1.82, 2.24) is 10.6 Å². The van der Waals surface area contributed by atoms with Crippen LogP contribution in [0.3, 0.4) is 0 Å². The molecule has 17 heavy (non-hydrogen) atoms. The summed E-state index contributed by atoms with van der Waals surface area (Å²) < 4.78 is 0. The first-order valence-corrected chi connectivity index (χ1v) is 8.28. The topological polar surface area (TPSA) is 24.1 Å². The number of rotatable bonds is 7. The molecule has 0 bridgehead atoms. The fourth-order valence-electron chi connectivity index (χ4n) is 2.59. The van der Waals surface area contributed by atoms with Crippen LogP contribution in [0, 0.1) is 17.8 Å². The molecule has 102 valence electrons. The lowest BCUT2D eigenvalue weighted by Crippen LogP contribution is -2.40. The van der Waals surface area contributed by atoms with E-state index in [1.807, 2.05) is 0 Å². The van der Waals surface area contributed by atoms with Gasteiger partial charge in [-0.3, -0.25) is 0 Å². The summed E-state index contributed by atoms with van der Waals surface area (Å²) in [6.07, 6.45) is 1.27. The van der Waals surface area contributed by atoms with Gasteiger partial charge in [-0.1, -0.05) is 27.7 Å². The third-order valence-corrected chi connectivity index (χ3v) is 4.89. The Kier molecular flexibility index (Phi) is 7.56. The van der Waals surface area contributed by atoms with E-state index in [1.165, 1.54) is 31.0 Å². The van der Waals surface area contributed by atoms with Gasteiger partial charge in [0.05, 0.1) is 0 Å². The minimum Gasteiger partial charge on any atom is -0.316 e. The van der Waals surface area contributed by atoms with Crippen LogP contribution >= 0.6 is 11.8 Å². The zero-order valence-electron chi connectivity index (χ0n) is 12.0. The van der Waals surface area contributed by atoms with Crippen molar-refractivity contribution in [2.75, 3.05) is 31.1 Å². The number of hydrogen-bond donors (Lipinski definition) is 2. The van der Waals surface area contributed by atoms with E-state index in [9.17, 15) is 0 Å². The summed E-state index contributed by atoms with van der Waals surface area (Å²) in [6.45, 7) is 12.9. The van der Waals surface area contributed by atoms with Crippen LogP contribution in [0.1, 0.15) is 34.1 Å². The Bertz CT molecular complexity index is 181. The van der Waals surface area contributed by atoms with Crippen molar-refractivity contribution in [2.24, 2.45) is 17.8 Å². The Morgan fingerprint density at radius 1 is 1.24 bits per heavy atom. The molecule has 1 rings (SSSR count). The molecule has 1 saturated heterocycles. The van der Waals surface area contributed by atoms with Crippen molar-refractivity contribution in [3.63, 3.8) is 0 Å². The first-order chi connectivity index (χ1) is 8.11. The summed E-state index contributed by atoms with van der Waals surface area (Å²) in [6, 6.07) is 0.734. The van der Waals surface area contributed by atoms with Gasteiger partial charge >= 0.3 is 0 Å². The van der Waals surface area contributed by atoms with Gasteiger partial charge in [-0.15, -0.1) is 0 Å². The normalized spacial score (nSPS) is 21.7. The Labute approximate surface area is 112 Å². The molecule has 1 unspecified atom stereocenters. The molecule has 1 atom stereocenters. The van der Waals surface area contributed by atoms with Crippen molar-refractivity contribution in [3.05, 3.63) is 0 Å². The van der Waals surface area contributed by atoms with Crippen LogP contribution in [0.5, 0.6) is 0 Å². The fraction of sp³-hybridized carbons (Fsp3) is 1.00. The summed E-state index contributed by atoms with van der Waals surface area (Å²) in [5, 5.41) is 7.24. The molecular formula is C14H30N2S. The highest BCUT2D eigenvalue weighted by Crippen LogP contribution is 2.19. The quantitative estimate of drug-likeness (QED) is 0.687. The molecule has 0 amide bonds. The van der Waals surface area contributed by atoms with Gasteiger partial charge in [0.1, 0.15) is 0 Å². The van der Waals surface area contributed by atoms with E-state index in [1.54, 1.807) is 0 Å². The number of thioether (sulfide) groups is 1. The van der Waals surface area contributed by atoms with E-state index >= 15 is 0 Å². The van der Waals surface area contributed by atoms with Gasteiger partial charge in [0.2, 0.25) is 0 Å². The maximum Gasteiger partial charge on any atom is 0.0170 e. The molecular weight excluding hydrogens is 228 g/mol. The Morgan fingerprint density at radius 3 is 2.47 bits per heavy atom. The molecule has 2 nitrogen and oxygen atoms in total. The van der Waals surface area contributed by atoms with Crippen LogP contribution in [0.2, 0.25) is 0 Å². The molecule has 1 heterocycles. The van der Waals surface area contributed by atoms with Crippen molar-refractivity contribution < 1.29 is 0 Å². The lowest BCUT2D eigenvalue weighted by molar-refractivity contribution is 0.274. The van der Waals surface area contributed by atoms with E-state index in [0.717, 1.165) is 30.3 Å². The summed E-state index contributed by atoms with van der Waals surface area (Å²) in [5.41, 5.74) is 0. The smallest absolute Gasteiger partial charge is 0.0170 e. The second kappa shape index (κ2) is 8.39. The molecule has 0 radical (unpaired) electrons. The molecule has 0 aromatic heterocycles. The third kappa shape index (κ3) is 6.12. The zero-order chi connectivity index (χ0) is 12.7. The van der Waals surface area contributed by atoms with Crippen LogP contribution in [0.4, 0.5) is 0 Å². The van der Waals surface area contributed by atoms with Gasteiger partial charge in [-0.05, 0) is 37.3 Å². The van der Waals surface area contributed by atoms with Crippen molar-refractivity contribution in [1.29, 1.82) is 0 Å². The van der Waals surface area contributed by atoms with Crippen LogP contribution in [-0.2, 0) is 0 Å². The van der Waals surface area contributed by atoms with Crippen molar-refractivity contribution in [2.45, 2.75) is 40.2 Å². The maximum atomic E-state index is 3.65. The molecule has 0 spiro atoms. The number of nitrogens with one attached hydrogen (secondary N) is 2. The lowest BCUT2D eigenvalue weighted by Gasteiger charge is -2.26. The summed E-state index contributed by atoms with van der Waals surface area (Å²) in [7, 11) is 0. The molecule has 1 aliphatic rings. The second-order valence-corrected chi connectivity index (χ2v) is 7.02. The molecule has 2 N–H and O–H groups in total. The van der Waals surface area contributed by atoms with Gasteiger partial charge < -0.3 is 10.6 Å². The molecule has 0 saturated carbocycles. The number of hydrogen-bond acceptors (Lipinski definition) is 3. The predicted octanol–water partition coefficient (Wildman–Crippen LogP) is 2.60. The first-order valence-electron chi connectivity index (χ1n) is 7.13. The van der Waals surface area contributed by atoms with Crippen LogP contribution < -0.4 is 10.6 Å². The SMILES string of the molecule is CC(C)C(CNCCC1CSCCN1)C(C)C. The Hall–Kier alpha value is 0.270. The standard InChI is InChI=1S/C14H30N2S/c1-11(2)14(12(3)4)9-15-6-5-13-10-17-8-7-16-13/h11-16H,5-10H2,1-4H3. The van der Waals surface area contributed by atoms with E-state index in [4.69, 9.17) is 0 Å². The molecule has 1 fully saturated rings. The highest BCUT2D eigenvalue weighted by Gasteiger charge is 2.17. The molecule has 1 aliphatic heterocycles. The monoisotopic (exact) mass is 258 g/mol. The molecule has 3 heteroatoms. The zero-order valence-corrected chi connectivity index (χ0v) is 12.8. The van der Waals surface area contributed by atoms with E-state index in [0.29, 0.717) is 0 Å². The van der Waals surface area contributed by atoms with Crippen LogP contribution in [0.25, 0.3) is 0 Å². The van der Waals surface area contributed by atoms with Crippen LogP contribution in [0.15, 0.2) is 0 Å². The first kappa shape index (κ1) is 15.3. The Balaban J connectivity index is 2.09. The maximum absolute atomic E-state index is 3.65. The van der Waals surface area contributed by atoms with Gasteiger partial charge in [-0.25, -0.2) is 0 Å². The van der Waals surface area contributed by atoms with Crippen LogP contribution in [-0.4, -0.2) is 37.2 Å². The predicted molar refractivity (Wildman–Crippen MR) is 79.8 cm³/mol. The second-order valence-electron chi connectivity index (χ2n) is 5.87. The molecule has 0 aromatic rings. The average molecular weight is 258 g/mol. The third-order valence-electron chi connectivity index (χ3n) is 3.76. The fourth-order valence-corrected chi connectivity index (χ4v) is 3.59. The molecule has 0 aliphatic carbocycles. The highest BCUT2D eigenvalue weighted by atomic mass is 32.2. The summed E-state index contributed by atoms with van der Waals surface area (Å²) >= 11 is 2.09. The van der Waals surface area contributed by atoms with E-state index in [2.05, 4.69) is 50.1 Å². The lowest BCUT2D eigenvalue weighted by atomic mass is 9.85. The van der Waals surface area contributed by atoms with E-state index < -0.39 is 0 Å². The minimum atomic E-state index is 0.734. The summed E-state index contributed by atoms with van der Waals surface area (Å²) in [5.74, 6) is 4.95. The summed E-state index contributed by atoms with van der Waals surface area (Å²) in [4.78, 5) is 0. The van der Waals surface area contributed by atoms with Crippen molar-refractivity contribution >= 4 is 11.8 Å². The largest absolute Gasteiger partial charge is 0.316 e. The van der Waals surface area contributed by atoms with Gasteiger partial charge in [0.15, 0.2) is 0 Å². The minimum absolute atomic E-state index is 0.734. The van der Waals surface area contributed by atoms with Crippen molar-refractivity contribution in [3.8, 4) is 0 Å². The van der Waals surface area contributed by atoms with E-state index in [-0.39, 0.29) is 0 Å². The van der Waals surface area contributed by atoms with Gasteiger partial charge in [0, 0.05) is 24.1 Å².